The SMILES string of the molecule is CCNC(C)c1ccc(N(C)C2CCCCC2C)cn1. The van der Waals surface area contributed by atoms with E-state index in [1.165, 1.54) is 31.4 Å². The molecule has 3 heteroatoms. The molecular weight excluding hydrogens is 246 g/mol. The van der Waals surface area contributed by atoms with Gasteiger partial charge in [0.05, 0.1) is 17.6 Å². The van der Waals surface area contributed by atoms with Crippen molar-refractivity contribution in [2.75, 3.05) is 18.5 Å². The Labute approximate surface area is 123 Å². The average Bonchev–Trinajstić information content (AvgIpc) is 2.47. The van der Waals surface area contributed by atoms with E-state index in [1.807, 2.05) is 6.20 Å². The first-order valence-corrected chi connectivity index (χ1v) is 8.05. The van der Waals surface area contributed by atoms with Crippen LogP contribution in [0.4, 0.5) is 5.69 Å². The third-order valence-corrected chi connectivity index (χ3v) is 4.70. The van der Waals surface area contributed by atoms with Crippen LogP contribution in [0.25, 0.3) is 0 Å². The average molecular weight is 275 g/mol. The number of aromatic nitrogens is 1. The monoisotopic (exact) mass is 275 g/mol. The highest BCUT2D eigenvalue weighted by Gasteiger charge is 2.25. The molecule has 0 amide bonds. The van der Waals surface area contributed by atoms with Crippen molar-refractivity contribution >= 4 is 5.69 Å². The fourth-order valence-corrected chi connectivity index (χ4v) is 3.34. The Morgan fingerprint density at radius 1 is 1.35 bits per heavy atom. The molecule has 0 aliphatic heterocycles. The second-order valence-corrected chi connectivity index (χ2v) is 6.16. The zero-order valence-corrected chi connectivity index (χ0v) is 13.4. The molecule has 0 spiro atoms. The lowest BCUT2D eigenvalue weighted by atomic mass is 9.85. The summed E-state index contributed by atoms with van der Waals surface area (Å²) >= 11 is 0. The maximum atomic E-state index is 4.63. The third-order valence-electron chi connectivity index (χ3n) is 4.70. The van der Waals surface area contributed by atoms with Crippen LogP contribution in [-0.4, -0.2) is 24.6 Å². The summed E-state index contributed by atoms with van der Waals surface area (Å²) in [4.78, 5) is 7.06. The van der Waals surface area contributed by atoms with Crippen LogP contribution in [0.5, 0.6) is 0 Å². The highest BCUT2D eigenvalue weighted by Crippen LogP contribution is 2.30. The molecule has 1 aliphatic carbocycles. The lowest BCUT2D eigenvalue weighted by molar-refractivity contribution is 0.321. The van der Waals surface area contributed by atoms with E-state index in [-0.39, 0.29) is 0 Å². The quantitative estimate of drug-likeness (QED) is 0.886. The van der Waals surface area contributed by atoms with Gasteiger partial charge in [-0.15, -0.1) is 0 Å². The Morgan fingerprint density at radius 2 is 2.10 bits per heavy atom. The molecule has 3 nitrogen and oxygen atoms in total. The van der Waals surface area contributed by atoms with E-state index in [9.17, 15) is 0 Å². The van der Waals surface area contributed by atoms with Gasteiger partial charge in [-0.1, -0.05) is 26.7 Å². The van der Waals surface area contributed by atoms with Crippen LogP contribution in [0.1, 0.15) is 58.2 Å². The number of pyridine rings is 1. The Hall–Kier alpha value is -1.09. The predicted molar refractivity (Wildman–Crippen MR) is 86.2 cm³/mol. The second-order valence-electron chi connectivity index (χ2n) is 6.16. The minimum absolute atomic E-state index is 0.327. The van der Waals surface area contributed by atoms with Gasteiger partial charge in [-0.05, 0) is 44.4 Å². The topological polar surface area (TPSA) is 28.2 Å². The number of nitrogens with one attached hydrogen (secondary N) is 1. The van der Waals surface area contributed by atoms with Crippen LogP contribution in [0.15, 0.2) is 18.3 Å². The molecule has 1 heterocycles. The summed E-state index contributed by atoms with van der Waals surface area (Å²) in [5, 5.41) is 3.40. The van der Waals surface area contributed by atoms with Gasteiger partial charge in [-0.25, -0.2) is 0 Å². The molecule has 1 N–H and O–H groups in total. The van der Waals surface area contributed by atoms with Crippen molar-refractivity contribution in [2.24, 2.45) is 5.92 Å². The smallest absolute Gasteiger partial charge is 0.0572 e. The Morgan fingerprint density at radius 3 is 2.70 bits per heavy atom. The molecule has 0 radical (unpaired) electrons. The van der Waals surface area contributed by atoms with E-state index >= 15 is 0 Å². The van der Waals surface area contributed by atoms with Crippen molar-refractivity contribution in [1.82, 2.24) is 10.3 Å². The Bertz CT molecular complexity index is 401. The summed E-state index contributed by atoms with van der Waals surface area (Å²) in [6.45, 7) is 7.65. The summed E-state index contributed by atoms with van der Waals surface area (Å²) in [5.74, 6) is 0.786. The first-order chi connectivity index (χ1) is 9.63. The zero-order chi connectivity index (χ0) is 14.5. The molecule has 1 fully saturated rings. The molecular formula is C17H29N3. The highest BCUT2D eigenvalue weighted by atomic mass is 15.1. The normalized spacial score (nSPS) is 24.4. The summed E-state index contributed by atoms with van der Waals surface area (Å²) < 4.78 is 0. The van der Waals surface area contributed by atoms with E-state index in [4.69, 9.17) is 0 Å². The van der Waals surface area contributed by atoms with Crippen molar-refractivity contribution in [2.45, 2.75) is 58.5 Å². The van der Waals surface area contributed by atoms with Crippen LogP contribution in [0.2, 0.25) is 0 Å². The molecule has 0 bridgehead atoms. The van der Waals surface area contributed by atoms with Gasteiger partial charge in [0.15, 0.2) is 0 Å². The number of hydrogen-bond donors (Lipinski definition) is 1. The van der Waals surface area contributed by atoms with Gasteiger partial charge >= 0.3 is 0 Å². The molecule has 2 rings (SSSR count). The molecule has 3 unspecified atom stereocenters. The lowest BCUT2D eigenvalue weighted by Gasteiger charge is -2.37. The van der Waals surface area contributed by atoms with Crippen LogP contribution < -0.4 is 10.2 Å². The van der Waals surface area contributed by atoms with E-state index in [2.05, 4.69) is 55.2 Å². The Balaban J connectivity index is 2.05. The minimum Gasteiger partial charge on any atom is -0.370 e. The zero-order valence-electron chi connectivity index (χ0n) is 13.4. The van der Waals surface area contributed by atoms with Crippen molar-refractivity contribution in [1.29, 1.82) is 0 Å². The van der Waals surface area contributed by atoms with Crippen molar-refractivity contribution in [3.63, 3.8) is 0 Å². The first kappa shape index (κ1) is 15.3. The highest BCUT2D eigenvalue weighted by molar-refractivity contribution is 5.45. The van der Waals surface area contributed by atoms with E-state index < -0.39 is 0 Å². The first-order valence-electron chi connectivity index (χ1n) is 8.05. The van der Waals surface area contributed by atoms with Gasteiger partial charge in [0.1, 0.15) is 0 Å². The second kappa shape index (κ2) is 7.07. The summed E-state index contributed by atoms with van der Waals surface area (Å²) in [5.41, 5.74) is 2.37. The van der Waals surface area contributed by atoms with Gasteiger partial charge < -0.3 is 10.2 Å². The van der Waals surface area contributed by atoms with E-state index in [0.717, 1.165) is 18.2 Å². The Kier molecular flexibility index (Phi) is 5.41. The van der Waals surface area contributed by atoms with Crippen molar-refractivity contribution < 1.29 is 0 Å². The van der Waals surface area contributed by atoms with Crippen LogP contribution in [-0.2, 0) is 0 Å². The van der Waals surface area contributed by atoms with Crippen molar-refractivity contribution in [3.8, 4) is 0 Å². The number of rotatable bonds is 5. The van der Waals surface area contributed by atoms with Crippen molar-refractivity contribution in [3.05, 3.63) is 24.0 Å². The largest absolute Gasteiger partial charge is 0.370 e. The molecule has 0 aromatic carbocycles. The maximum absolute atomic E-state index is 4.63. The van der Waals surface area contributed by atoms with Crippen LogP contribution in [0.3, 0.4) is 0 Å². The van der Waals surface area contributed by atoms with Crippen LogP contribution >= 0.6 is 0 Å². The molecule has 112 valence electrons. The molecule has 1 aliphatic rings. The fraction of sp³-hybridized carbons (Fsp3) is 0.706. The van der Waals surface area contributed by atoms with Gasteiger partial charge in [0.2, 0.25) is 0 Å². The third kappa shape index (κ3) is 3.51. The molecule has 1 saturated carbocycles. The summed E-state index contributed by atoms with van der Waals surface area (Å²) in [7, 11) is 2.22. The number of anilines is 1. The molecule has 3 atom stereocenters. The van der Waals surface area contributed by atoms with Crippen LogP contribution in [0, 0.1) is 5.92 Å². The maximum Gasteiger partial charge on any atom is 0.0572 e. The van der Waals surface area contributed by atoms with E-state index in [1.54, 1.807) is 0 Å². The van der Waals surface area contributed by atoms with Gasteiger partial charge in [0.25, 0.3) is 0 Å². The van der Waals surface area contributed by atoms with Gasteiger partial charge in [-0.3, -0.25) is 4.98 Å². The molecule has 1 aromatic rings. The minimum atomic E-state index is 0.327. The number of hydrogen-bond acceptors (Lipinski definition) is 3. The summed E-state index contributed by atoms with van der Waals surface area (Å²) in [6.07, 6.45) is 7.46. The fourth-order valence-electron chi connectivity index (χ4n) is 3.34. The number of nitrogens with zero attached hydrogens (tertiary/aromatic N) is 2. The molecule has 20 heavy (non-hydrogen) atoms. The molecule has 0 saturated heterocycles. The van der Waals surface area contributed by atoms with Gasteiger partial charge in [0, 0.05) is 19.1 Å². The molecule has 1 aromatic heterocycles. The van der Waals surface area contributed by atoms with E-state index in [0.29, 0.717) is 12.1 Å². The standard InChI is InChI=1S/C17H29N3/c1-5-18-14(3)16-11-10-15(12-19-16)20(4)17-9-7-6-8-13(17)2/h10-14,17-18H,5-9H2,1-4H3. The van der Waals surface area contributed by atoms with Gasteiger partial charge in [-0.2, -0.15) is 0 Å². The predicted octanol–water partition coefficient (Wildman–Crippen LogP) is 3.77. The lowest BCUT2D eigenvalue weighted by Crippen LogP contribution is -2.39. The summed E-state index contributed by atoms with van der Waals surface area (Å²) in [6, 6.07) is 5.37.